The molecule has 1 fully saturated rings. The van der Waals surface area contributed by atoms with E-state index in [0.717, 1.165) is 5.82 Å². The Kier molecular flexibility index (Phi) is 1.38. The maximum absolute atomic E-state index is 10.8. The Bertz CT molecular complexity index is 255. The molecule has 1 aromatic rings. The van der Waals surface area contributed by atoms with Gasteiger partial charge in [0.25, 0.3) is 0 Å². The summed E-state index contributed by atoms with van der Waals surface area (Å²) < 4.78 is 0. The molecule has 4 nitrogen and oxygen atoms in total. The number of nitrogens with zero attached hydrogens (tertiary/aromatic N) is 1. The normalized spacial score (nSPS) is 23.6. The number of rotatable bonds is 1. The summed E-state index contributed by atoms with van der Waals surface area (Å²) >= 11 is 0. The van der Waals surface area contributed by atoms with Gasteiger partial charge in [0.05, 0.1) is 0 Å². The predicted octanol–water partition coefficient (Wildman–Crippen LogP) is 0.0132. The molecule has 0 bridgehead atoms. The molecule has 1 aliphatic heterocycles. The van der Waals surface area contributed by atoms with Crippen LogP contribution in [0.3, 0.4) is 0 Å². The molecular weight excluding hydrogens is 142 g/mol. The summed E-state index contributed by atoms with van der Waals surface area (Å²) in [5.41, 5.74) is 0. The molecule has 2 heterocycles. The van der Waals surface area contributed by atoms with Crippen LogP contribution in [0.15, 0.2) is 12.4 Å². The minimum absolute atomic E-state index is 0.117. The molecule has 0 spiro atoms. The van der Waals surface area contributed by atoms with E-state index in [2.05, 4.69) is 15.3 Å². The van der Waals surface area contributed by atoms with E-state index in [4.69, 9.17) is 0 Å². The van der Waals surface area contributed by atoms with Gasteiger partial charge in [0, 0.05) is 31.3 Å². The highest BCUT2D eigenvalue weighted by atomic mass is 16.1. The molecule has 11 heavy (non-hydrogen) atoms. The molecule has 4 heteroatoms. The third-order valence-corrected chi connectivity index (χ3v) is 1.88. The lowest BCUT2D eigenvalue weighted by Crippen LogP contribution is -2.13. The molecule has 0 aromatic carbocycles. The van der Waals surface area contributed by atoms with Gasteiger partial charge in [-0.15, -0.1) is 0 Å². The van der Waals surface area contributed by atoms with E-state index in [-0.39, 0.29) is 11.8 Å². The van der Waals surface area contributed by atoms with E-state index in [1.165, 1.54) is 0 Å². The van der Waals surface area contributed by atoms with Crippen molar-refractivity contribution in [1.29, 1.82) is 0 Å². The van der Waals surface area contributed by atoms with Gasteiger partial charge in [-0.2, -0.15) is 0 Å². The fourth-order valence-electron chi connectivity index (χ4n) is 1.30. The lowest BCUT2D eigenvalue weighted by molar-refractivity contribution is -0.119. The quantitative estimate of drug-likeness (QED) is 0.594. The predicted molar refractivity (Wildman–Crippen MR) is 39.0 cm³/mol. The summed E-state index contributed by atoms with van der Waals surface area (Å²) in [6.07, 6.45) is 4.05. The summed E-state index contributed by atoms with van der Waals surface area (Å²) in [6, 6.07) is 0. The van der Waals surface area contributed by atoms with Crippen molar-refractivity contribution >= 4 is 5.91 Å². The molecule has 1 amide bonds. The Balaban J connectivity index is 2.13. The van der Waals surface area contributed by atoms with Crippen LogP contribution in [0.2, 0.25) is 0 Å². The highest BCUT2D eigenvalue weighted by molar-refractivity contribution is 5.79. The van der Waals surface area contributed by atoms with Crippen molar-refractivity contribution in [1.82, 2.24) is 15.3 Å². The molecule has 1 aliphatic rings. The molecule has 2 N–H and O–H groups in total. The van der Waals surface area contributed by atoms with E-state index >= 15 is 0 Å². The van der Waals surface area contributed by atoms with Crippen molar-refractivity contribution in [3.8, 4) is 0 Å². The highest BCUT2D eigenvalue weighted by Crippen LogP contribution is 2.18. The first kappa shape index (κ1) is 6.39. The third kappa shape index (κ3) is 1.11. The van der Waals surface area contributed by atoms with Crippen LogP contribution in [-0.2, 0) is 4.79 Å². The van der Waals surface area contributed by atoms with Crippen LogP contribution in [0.5, 0.6) is 0 Å². The molecule has 1 unspecified atom stereocenters. The standard InChI is InChI=1S/C7H9N3O/c11-6-3-5(4-10-6)7-8-1-2-9-7/h1-2,5H,3-4H2,(H,8,9)(H,10,11). The van der Waals surface area contributed by atoms with Crippen molar-refractivity contribution < 1.29 is 4.79 Å². The Morgan fingerprint density at radius 2 is 2.55 bits per heavy atom. The van der Waals surface area contributed by atoms with Crippen molar-refractivity contribution in [2.45, 2.75) is 12.3 Å². The van der Waals surface area contributed by atoms with Crippen molar-refractivity contribution in [2.75, 3.05) is 6.54 Å². The number of imidazole rings is 1. The van der Waals surface area contributed by atoms with Crippen LogP contribution in [0.1, 0.15) is 18.2 Å². The summed E-state index contributed by atoms with van der Waals surface area (Å²) in [4.78, 5) is 17.9. The number of nitrogens with one attached hydrogen (secondary N) is 2. The van der Waals surface area contributed by atoms with Gasteiger partial charge < -0.3 is 10.3 Å². The Morgan fingerprint density at radius 1 is 1.64 bits per heavy atom. The van der Waals surface area contributed by atoms with Crippen molar-refractivity contribution in [2.24, 2.45) is 0 Å². The number of aromatic amines is 1. The number of hydrogen-bond acceptors (Lipinski definition) is 2. The minimum atomic E-state index is 0.117. The zero-order valence-corrected chi connectivity index (χ0v) is 6.00. The molecule has 1 saturated heterocycles. The van der Waals surface area contributed by atoms with Gasteiger partial charge in [-0.05, 0) is 0 Å². The largest absolute Gasteiger partial charge is 0.355 e. The van der Waals surface area contributed by atoms with Crippen LogP contribution in [-0.4, -0.2) is 22.4 Å². The number of carbonyl (C=O) groups is 1. The average molecular weight is 151 g/mol. The number of carbonyl (C=O) groups excluding carboxylic acids is 1. The maximum Gasteiger partial charge on any atom is 0.220 e. The average Bonchev–Trinajstić information content (AvgIpc) is 2.55. The van der Waals surface area contributed by atoms with Gasteiger partial charge in [0.2, 0.25) is 5.91 Å². The van der Waals surface area contributed by atoms with Gasteiger partial charge in [-0.25, -0.2) is 4.98 Å². The van der Waals surface area contributed by atoms with Gasteiger partial charge in [-0.1, -0.05) is 0 Å². The van der Waals surface area contributed by atoms with Crippen LogP contribution in [0, 0.1) is 0 Å². The molecular formula is C7H9N3O. The second-order valence-electron chi connectivity index (χ2n) is 2.68. The molecule has 0 aliphatic carbocycles. The van der Waals surface area contributed by atoms with Gasteiger partial charge in [0.1, 0.15) is 5.82 Å². The fraction of sp³-hybridized carbons (Fsp3) is 0.429. The highest BCUT2D eigenvalue weighted by Gasteiger charge is 2.24. The summed E-state index contributed by atoms with van der Waals surface area (Å²) in [6.45, 7) is 0.715. The van der Waals surface area contributed by atoms with Gasteiger partial charge in [-0.3, -0.25) is 4.79 Å². The van der Waals surface area contributed by atoms with Crippen molar-refractivity contribution in [3.63, 3.8) is 0 Å². The number of aromatic nitrogens is 2. The van der Waals surface area contributed by atoms with Crippen LogP contribution in [0.25, 0.3) is 0 Å². The monoisotopic (exact) mass is 151 g/mol. The molecule has 1 aromatic heterocycles. The first-order valence-corrected chi connectivity index (χ1v) is 3.62. The van der Waals surface area contributed by atoms with Crippen LogP contribution < -0.4 is 5.32 Å². The third-order valence-electron chi connectivity index (χ3n) is 1.88. The summed E-state index contributed by atoms with van der Waals surface area (Å²) in [7, 11) is 0. The Hall–Kier alpha value is -1.32. The maximum atomic E-state index is 10.8. The molecule has 1 atom stereocenters. The van der Waals surface area contributed by atoms with Gasteiger partial charge in [0.15, 0.2) is 0 Å². The van der Waals surface area contributed by atoms with Crippen molar-refractivity contribution in [3.05, 3.63) is 18.2 Å². The van der Waals surface area contributed by atoms with Crippen LogP contribution in [0.4, 0.5) is 0 Å². The number of hydrogen-bond donors (Lipinski definition) is 2. The topological polar surface area (TPSA) is 57.8 Å². The summed E-state index contributed by atoms with van der Waals surface area (Å²) in [5.74, 6) is 1.27. The van der Waals surface area contributed by atoms with E-state index in [1.807, 2.05) is 0 Å². The first-order chi connectivity index (χ1) is 5.36. The second-order valence-corrected chi connectivity index (χ2v) is 2.68. The molecule has 2 rings (SSSR count). The fourth-order valence-corrected chi connectivity index (χ4v) is 1.30. The SMILES string of the molecule is O=C1CC(c2ncc[nH]2)CN1. The number of amides is 1. The Labute approximate surface area is 64.0 Å². The minimum Gasteiger partial charge on any atom is -0.355 e. The first-order valence-electron chi connectivity index (χ1n) is 3.62. The zero-order chi connectivity index (χ0) is 7.68. The molecule has 0 radical (unpaired) electrons. The smallest absolute Gasteiger partial charge is 0.220 e. The van der Waals surface area contributed by atoms with E-state index in [0.29, 0.717) is 13.0 Å². The lowest BCUT2D eigenvalue weighted by Gasteiger charge is -2.00. The lowest BCUT2D eigenvalue weighted by atomic mass is 10.1. The van der Waals surface area contributed by atoms with Gasteiger partial charge >= 0.3 is 0 Å². The second kappa shape index (κ2) is 2.38. The van der Waals surface area contributed by atoms with Crippen LogP contribution >= 0.6 is 0 Å². The van der Waals surface area contributed by atoms with E-state index in [9.17, 15) is 4.79 Å². The molecule has 0 saturated carbocycles. The molecule has 58 valence electrons. The van der Waals surface area contributed by atoms with E-state index in [1.54, 1.807) is 12.4 Å². The Morgan fingerprint density at radius 3 is 3.09 bits per heavy atom. The zero-order valence-electron chi connectivity index (χ0n) is 6.00. The van der Waals surface area contributed by atoms with E-state index < -0.39 is 0 Å². The number of H-pyrrole nitrogens is 1. The summed E-state index contributed by atoms with van der Waals surface area (Å²) in [5, 5.41) is 2.76.